The summed E-state index contributed by atoms with van der Waals surface area (Å²) in [5, 5.41) is 6.80. The van der Waals surface area contributed by atoms with Crippen molar-refractivity contribution < 1.29 is 18.4 Å². The predicted octanol–water partition coefficient (Wildman–Crippen LogP) is 4.54. The van der Waals surface area contributed by atoms with E-state index in [9.17, 15) is 23.2 Å². The van der Waals surface area contributed by atoms with Gasteiger partial charge in [0.25, 0.3) is 11.5 Å². The number of nitrogens with zero attached hydrogens (tertiary/aromatic N) is 2. The third kappa shape index (κ3) is 4.63. The molecule has 1 atom stereocenters. The average Bonchev–Trinajstić information content (AvgIpc) is 3.30. The second kappa shape index (κ2) is 9.25. The van der Waals surface area contributed by atoms with Crippen LogP contribution >= 0.6 is 11.3 Å². The molecule has 0 spiro atoms. The summed E-state index contributed by atoms with van der Waals surface area (Å²) in [4.78, 5) is 37.7. The van der Waals surface area contributed by atoms with Gasteiger partial charge in [-0.25, -0.2) is 8.78 Å². The lowest BCUT2D eigenvalue weighted by molar-refractivity contribution is 0.0933. The smallest absolute Gasteiger partial charge is 0.272 e. The molecule has 0 unspecified atom stereocenters. The SMILES string of the molecule is C[C@@H](NC(=O)c1ccc(=O)n(-c2ccccc2F)n1)c1ccc(-c2cc(F)ccc2C=O)s1. The molecule has 2 aromatic heterocycles. The van der Waals surface area contributed by atoms with E-state index in [0.29, 0.717) is 22.3 Å². The summed E-state index contributed by atoms with van der Waals surface area (Å²) < 4.78 is 28.6. The molecule has 0 fully saturated rings. The van der Waals surface area contributed by atoms with Crippen LogP contribution in [0.5, 0.6) is 0 Å². The molecule has 9 heteroatoms. The summed E-state index contributed by atoms with van der Waals surface area (Å²) in [5.74, 6) is -1.65. The van der Waals surface area contributed by atoms with Crippen LogP contribution in [0.4, 0.5) is 8.78 Å². The number of aromatic nitrogens is 2. The summed E-state index contributed by atoms with van der Waals surface area (Å²) in [7, 11) is 0. The van der Waals surface area contributed by atoms with Gasteiger partial charge in [0.05, 0.1) is 6.04 Å². The van der Waals surface area contributed by atoms with Crippen LogP contribution in [0, 0.1) is 11.6 Å². The van der Waals surface area contributed by atoms with Gasteiger partial charge in [-0.2, -0.15) is 9.78 Å². The predicted molar refractivity (Wildman–Crippen MR) is 121 cm³/mol. The number of carbonyl (C=O) groups excluding carboxylic acids is 2. The minimum absolute atomic E-state index is 0.0603. The van der Waals surface area contributed by atoms with E-state index >= 15 is 0 Å². The minimum Gasteiger partial charge on any atom is -0.343 e. The molecule has 1 amide bonds. The number of aldehydes is 1. The minimum atomic E-state index is -0.642. The molecular weight excluding hydrogens is 448 g/mol. The molecule has 166 valence electrons. The van der Waals surface area contributed by atoms with Crippen LogP contribution in [-0.2, 0) is 0 Å². The highest BCUT2D eigenvalue weighted by molar-refractivity contribution is 7.15. The molecule has 0 radical (unpaired) electrons. The van der Waals surface area contributed by atoms with E-state index in [1.807, 2.05) is 0 Å². The van der Waals surface area contributed by atoms with Crippen molar-refractivity contribution in [3.8, 4) is 16.1 Å². The zero-order chi connectivity index (χ0) is 23.5. The quantitative estimate of drug-likeness (QED) is 0.424. The van der Waals surface area contributed by atoms with Gasteiger partial charge in [-0.15, -0.1) is 11.3 Å². The second-order valence-electron chi connectivity index (χ2n) is 7.17. The first kappa shape index (κ1) is 22.2. The van der Waals surface area contributed by atoms with Gasteiger partial charge in [0.1, 0.15) is 23.0 Å². The number of para-hydroxylation sites is 1. The highest BCUT2D eigenvalue weighted by Gasteiger charge is 2.18. The van der Waals surface area contributed by atoms with Gasteiger partial charge in [0.15, 0.2) is 6.29 Å². The van der Waals surface area contributed by atoms with E-state index in [1.165, 1.54) is 53.8 Å². The summed E-state index contributed by atoms with van der Waals surface area (Å²) in [6, 6.07) is 15.1. The van der Waals surface area contributed by atoms with Crippen molar-refractivity contribution in [2.24, 2.45) is 0 Å². The van der Waals surface area contributed by atoms with E-state index in [2.05, 4.69) is 10.4 Å². The molecule has 0 aliphatic rings. The topological polar surface area (TPSA) is 81.1 Å². The second-order valence-corrected chi connectivity index (χ2v) is 8.28. The zero-order valence-corrected chi connectivity index (χ0v) is 18.1. The summed E-state index contributed by atoms with van der Waals surface area (Å²) >= 11 is 1.31. The summed E-state index contributed by atoms with van der Waals surface area (Å²) in [5.41, 5.74) is 0.136. The monoisotopic (exact) mass is 465 g/mol. The fourth-order valence-corrected chi connectivity index (χ4v) is 4.29. The van der Waals surface area contributed by atoms with E-state index in [4.69, 9.17) is 0 Å². The van der Waals surface area contributed by atoms with Gasteiger partial charge in [0, 0.05) is 26.9 Å². The molecule has 2 heterocycles. The van der Waals surface area contributed by atoms with Crippen molar-refractivity contribution in [1.82, 2.24) is 15.1 Å². The van der Waals surface area contributed by atoms with Gasteiger partial charge in [-0.05, 0) is 55.5 Å². The highest BCUT2D eigenvalue weighted by atomic mass is 32.1. The van der Waals surface area contributed by atoms with Crippen molar-refractivity contribution in [3.05, 3.63) is 105 Å². The molecule has 6 nitrogen and oxygen atoms in total. The molecule has 0 aliphatic carbocycles. The lowest BCUT2D eigenvalue weighted by atomic mass is 10.1. The van der Waals surface area contributed by atoms with Gasteiger partial charge >= 0.3 is 0 Å². The molecule has 2 aromatic carbocycles. The number of nitrogens with one attached hydrogen (secondary N) is 1. The lowest BCUT2D eigenvalue weighted by Crippen LogP contribution is -2.30. The van der Waals surface area contributed by atoms with Crippen LogP contribution in [0.2, 0.25) is 0 Å². The van der Waals surface area contributed by atoms with Crippen LogP contribution in [-0.4, -0.2) is 22.0 Å². The maximum absolute atomic E-state index is 14.1. The average molecular weight is 465 g/mol. The van der Waals surface area contributed by atoms with Gasteiger partial charge in [0.2, 0.25) is 0 Å². The highest BCUT2D eigenvalue weighted by Crippen LogP contribution is 2.33. The maximum atomic E-state index is 14.1. The molecular formula is C24H17F2N3O3S. The normalized spacial score (nSPS) is 11.7. The number of benzene rings is 2. The Balaban J connectivity index is 1.56. The first-order chi connectivity index (χ1) is 15.9. The first-order valence-corrected chi connectivity index (χ1v) is 10.7. The number of thiophene rings is 1. The molecule has 33 heavy (non-hydrogen) atoms. The maximum Gasteiger partial charge on any atom is 0.272 e. The van der Waals surface area contributed by atoms with E-state index in [0.717, 1.165) is 15.6 Å². The Kier molecular flexibility index (Phi) is 6.23. The van der Waals surface area contributed by atoms with Crippen LogP contribution in [0.3, 0.4) is 0 Å². The lowest BCUT2D eigenvalue weighted by Gasteiger charge is -2.13. The van der Waals surface area contributed by atoms with Gasteiger partial charge in [-0.1, -0.05) is 12.1 Å². The van der Waals surface area contributed by atoms with Crippen molar-refractivity contribution in [3.63, 3.8) is 0 Å². The van der Waals surface area contributed by atoms with Gasteiger partial charge in [-0.3, -0.25) is 14.4 Å². The van der Waals surface area contributed by atoms with E-state index < -0.39 is 29.1 Å². The van der Waals surface area contributed by atoms with Crippen molar-refractivity contribution >= 4 is 23.5 Å². The number of carbonyl (C=O) groups is 2. The Hall–Kier alpha value is -3.98. The van der Waals surface area contributed by atoms with E-state index in [1.54, 1.807) is 25.1 Å². The number of hydrogen-bond donors (Lipinski definition) is 1. The van der Waals surface area contributed by atoms with Crippen LogP contribution in [0.15, 0.2) is 71.5 Å². The third-order valence-electron chi connectivity index (χ3n) is 4.92. The van der Waals surface area contributed by atoms with Crippen LogP contribution in [0.1, 0.15) is 38.7 Å². The van der Waals surface area contributed by atoms with Gasteiger partial charge < -0.3 is 5.32 Å². The Morgan fingerprint density at radius 1 is 1.09 bits per heavy atom. The van der Waals surface area contributed by atoms with Crippen molar-refractivity contribution in [2.75, 3.05) is 0 Å². The largest absolute Gasteiger partial charge is 0.343 e. The molecule has 4 aromatic rings. The summed E-state index contributed by atoms with van der Waals surface area (Å²) in [6.07, 6.45) is 0.662. The van der Waals surface area contributed by atoms with Crippen molar-refractivity contribution in [1.29, 1.82) is 0 Å². The number of rotatable bonds is 6. The number of halogens is 2. The Morgan fingerprint density at radius 2 is 1.88 bits per heavy atom. The van der Waals surface area contributed by atoms with Crippen LogP contribution < -0.4 is 10.9 Å². The Bertz CT molecular complexity index is 1410. The third-order valence-corrected chi connectivity index (χ3v) is 6.22. The molecule has 1 N–H and O–H groups in total. The molecule has 0 saturated heterocycles. The first-order valence-electron chi connectivity index (χ1n) is 9.88. The zero-order valence-electron chi connectivity index (χ0n) is 17.3. The summed E-state index contributed by atoms with van der Waals surface area (Å²) in [6.45, 7) is 1.76. The number of hydrogen-bond acceptors (Lipinski definition) is 5. The van der Waals surface area contributed by atoms with E-state index in [-0.39, 0.29) is 11.4 Å². The molecule has 0 saturated carbocycles. The standard InChI is InChI=1S/C24H17F2N3O3S/c1-14(21-9-10-22(33-21)17-12-16(25)7-6-15(17)13-30)27-24(32)19-8-11-23(31)29(28-19)20-5-3-2-4-18(20)26/h2-14H,1H3,(H,27,32)/t14-/m1/s1. The molecule has 4 rings (SSSR count). The Morgan fingerprint density at radius 3 is 2.64 bits per heavy atom. The van der Waals surface area contributed by atoms with Crippen LogP contribution in [0.25, 0.3) is 16.1 Å². The molecule has 0 bridgehead atoms. The molecule has 0 aliphatic heterocycles. The fourth-order valence-electron chi connectivity index (χ4n) is 3.25. The van der Waals surface area contributed by atoms with Crippen molar-refractivity contribution in [2.45, 2.75) is 13.0 Å². The fraction of sp³-hybridized carbons (Fsp3) is 0.0833. The number of amides is 1. The Labute approximate surface area is 191 Å².